The van der Waals surface area contributed by atoms with Gasteiger partial charge in [-0.15, -0.1) is 0 Å². The summed E-state index contributed by atoms with van der Waals surface area (Å²) in [7, 11) is 3.07. The number of nitrogens with zero attached hydrogens (tertiary/aromatic N) is 1. The molecule has 1 saturated heterocycles. The third kappa shape index (κ3) is 4.19. The number of carbonyl (C=O) groups excluding carboxylic acids is 2. The largest absolute Gasteiger partial charge is 0.497 e. The molecule has 1 fully saturated rings. The number of anilines is 1. The Labute approximate surface area is 156 Å². The second-order valence-electron chi connectivity index (χ2n) is 6.29. The number of benzene rings is 2. The van der Waals surface area contributed by atoms with Gasteiger partial charge in [0.05, 0.1) is 25.8 Å². The summed E-state index contributed by atoms with van der Waals surface area (Å²) in [6.45, 7) is 0.562. The molecule has 0 radical (unpaired) electrons. The highest BCUT2D eigenvalue weighted by molar-refractivity contribution is 6.01. The molecule has 6 nitrogen and oxygen atoms in total. The molecule has 27 heavy (non-hydrogen) atoms. The predicted octanol–water partition coefficient (Wildman–Crippen LogP) is 2.51. The summed E-state index contributed by atoms with van der Waals surface area (Å²) in [6.07, 6.45) is 0.129. The molecule has 0 spiro atoms. The van der Waals surface area contributed by atoms with E-state index in [1.807, 2.05) is 0 Å². The van der Waals surface area contributed by atoms with Gasteiger partial charge in [0.2, 0.25) is 11.8 Å². The molecule has 7 heteroatoms. The van der Waals surface area contributed by atoms with Crippen LogP contribution in [0.15, 0.2) is 42.5 Å². The lowest BCUT2D eigenvalue weighted by atomic mass is 10.1. The van der Waals surface area contributed by atoms with Gasteiger partial charge in [-0.2, -0.15) is 0 Å². The van der Waals surface area contributed by atoms with Crippen molar-refractivity contribution in [2.75, 3.05) is 25.7 Å². The van der Waals surface area contributed by atoms with Crippen LogP contribution in [0.5, 0.6) is 11.5 Å². The molecule has 1 aliphatic heterocycles. The molecule has 3 rings (SSSR count). The number of hydrogen-bond acceptors (Lipinski definition) is 4. The van der Waals surface area contributed by atoms with Crippen molar-refractivity contribution in [2.24, 2.45) is 5.92 Å². The van der Waals surface area contributed by atoms with Crippen LogP contribution in [0.2, 0.25) is 0 Å². The van der Waals surface area contributed by atoms with Crippen LogP contribution < -0.4 is 19.7 Å². The molecule has 2 amide bonds. The monoisotopic (exact) mass is 372 g/mol. The second kappa shape index (κ2) is 8.07. The van der Waals surface area contributed by atoms with Crippen LogP contribution in [0, 0.1) is 11.7 Å². The van der Waals surface area contributed by atoms with E-state index in [4.69, 9.17) is 9.47 Å². The van der Waals surface area contributed by atoms with Crippen LogP contribution in [-0.4, -0.2) is 32.6 Å². The maximum Gasteiger partial charge on any atom is 0.227 e. The van der Waals surface area contributed by atoms with E-state index in [1.54, 1.807) is 42.3 Å². The Morgan fingerprint density at radius 2 is 1.93 bits per heavy atom. The van der Waals surface area contributed by atoms with Gasteiger partial charge in [0.1, 0.15) is 17.3 Å². The standard InChI is InChI=1S/C20H21FN2O4/c1-26-16-7-8-17(18(10-16)27-2)23-12-14(9-19(23)24)20(25)22-11-13-3-5-15(21)6-4-13/h3-8,10,14H,9,11-12H2,1-2H3,(H,22,25). The van der Waals surface area contributed by atoms with Crippen molar-refractivity contribution in [3.8, 4) is 11.5 Å². The highest BCUT2D eigenvalue weighted by Crippen LogP contribution is 2.35. The number of halogens is 1. The summed E-state index contributed by atoms with van der Waals surface area (Å²) in [6, 6.07) is 11.1. The Hall–Kier alpha value is -3.09. The van der Waals surface area contributed by atoms with E-state index in [1.165, 1.54) is 19.2 Å². The minimum absolute atomic E-state index is 0.129. The van der Waals surface area contributed by atoms with Gasteiger partial charge in [0.15, 0.2) is 0 Å². The Bertz CT molecular complexity index is 838. The zero-order valence-electron chi connectivity index (χ0n) is 15.2. The van der Waals surface area contributed by atoms with Gasteiger partial charge in [-0.3, -0.25) is 9.59 Å². The molecule has 1 atom stereocenters. The number of ether oxygens (including phenoxy) is 2. The van der Waals surface area contributed by atoms with Gasteiger partial charge in [-0.25, -0.2) is 4.39 Å². The van der Waals surface area contributed by atoms with Crippen LogP contribution in [0.4, 0.5) is 10.1 Å². The predicted molar refractivity (Wildman–Crippen MR) is 98.3 cm³/mol. The van der Waals surface area contributed by atoms with E-state index in [0.29, 0.717) is 17.2 Å². The molecule has 2 aromatic rings. The molecule has 1 unspecified atom stereocenters. The number of hydrogen-bond donors (Lipinski definition) is 1. The average Bonchev–Trinajstić information content (AvgIpc) is 3.08. The first kappa shape index (κ1) is 18.7. The quantitative estimate of drug-likeness (QED) is 0.846. The van der Waals surface area contributed by atoms with Gasteiger partial charge >= 0.3 is 0 Å². The highest BCUT2D eigenvalue weighted by atomic mass is 19.1. The third-order valence-electron chi connectivity index (χ3n) is 4.55. The van der Waals surface area contributed by atoms with Crippen molar-refractivity contribution in [3.63, 3.8) is 0 Å². The van der Waals surface area contributed by atoms with Gasteiger partial charge in [0.25, 0.3) is 0 Å². The molecule has 0 saturated carbocycles. The Balaban J connectivity index is 1.66. The van der Waals surface area contributed by atoms with Crippen molar-refractivity contribution in [3.05, 3.63) is 53.8 Å². The van der Waals surface area contributed by atoms with Crippen molar-refractivity contribution in [1.82, 2.24) is 5.32 Å². The first-order valence-electron chi connectivity index (χ1n) is 8.56. The molecule has 1 aliphatic rings. The summed E-state index contributed by atoms with van der Waals surface area (Å²) >= 11 is 0. The molecular formula is C20H21FN2O4. The first-order valence-corrected chi connectivity index (χ1v) is 8.56. The minimum Gasteiger partial charge on any atom is -0.497 e. The normalized spacial score (nSPS) is 16.3. The summed E-state index contributed by atoms with van der Waals surface area (Å²) in [4.78, 5) is 26.4. The lowest BCUT2D eigenvalue weighted by Gasteiger charge is -2.20. The fraction of sp³-hybridized carbons (Fsp3) is 0.300. The number of carbonyl (C=O) groups is 2. The van der Waals surface area contributed by atoms with Gasteiger partial charge in [0, 0.05) is 25.6 Å². The fourth-order valence-corrected chi connectivity index (χ4v) is 3.06. The van der Waals surface area contributed by atoms with E-state index < -0.39 is 5.92 Å². The van der Waals surface area contributed by atoms with Gasteiger partial charge in [-0.1, -0.05) is 12.1 Å². The summed E-state index contributed by atoms with van der Waals surface area (Å²) in [5.74, 6) is 0.00858. The van der Waals surface area contributed by atoms with E-state index in [2.05, 4.69) is 5.32 Å². The lowest BCUT2D eigenvalue weighted by molar-refractivity contribution is -0.126. The summed E-state index contributed by atoms with van der Waals surface area (Å²) in [5, 5.41) is 2.81. The molecule has 1 N–H and O–H groups in total. The Morgan fingerprint density at radius 3 is 2.59 bits per heavy atom. The molecule has 0 aromatic heterocycles. The minimum atomic E-state index is -0.454. The number of amides is 2. The van der Waals surface area contributed by atoms with E-state index in [-0.39, 0.29) is 37.1 Å². The fourth-order valence-electron chi connectivity index (χ4n) is 3.06. The van der Waals surface area contributed by atoms with E-state index >= 15 is 0 Å². The maximum atomic E-state index is 12.9. The van der Waals surface area contributed by atoms with Crippen molar-refractivity contribution in [2.45, 2.75) is 13.0 Å². The third-order valence-corrected chi connectivity index (χ3v) is 4.55. The molecule has 142 valence electrons. The Morgan fingerprint density at radius 1 is 1.19 bits per heavy atom. The van der Waals surface area contributed by atoms with Crippen LogP contribution in [-0.2, 0) is 16.1 Å². The number of rotatable bonds is 6. The van der Waals surface area contributed by atoms with Gasteiger partial charge < -0.3 is 19.7 Å². The molecular weight excluding hydrogens is 351 g/mol. The molecule has 0 bridgehead atoms. The second-order valence-corrected chi connectivity index (χ2v) is 6.29. The van der Waals surface area contributed by atoms with E-state index in [9.17, 15) is 14.0 Å². The molecule has 1 heterocycles. The topological polar surface area (TPSA) is 67.9 Å². The first-order chi connectivity index (χ1) is 13.0. The van der Waals surface area contributed by atoms with Gasteiger partial charge in [-0.05, 0) is 29.8 Å². The van der Waals surface area contributed by atoms with Crippen LogP contribution >= 0.6 is 0 Å². The number of methoxy groups -OCH3 is 2. The molecule has 0 aliphatic carbocycles. The SMILES string of the molecule is COc1ccc(N2CC(C(=O)NCc3ccc(F)cc3)CC2=O)c(OC)c1. The lowest BCUT2D eigenvalue weighted by Crippen LogP contribution is -2.32. The van der Waals surface area contributed by atoms with Crippen LogP contribution in [0.25, 0.3) is 0 Å². The zero-order chi connectivity index (χ0) is 19.4. The van der Waals surface area contributed by atoms with Crippen LogP contribution in [0.3, 0.4) is 0 Å². The summed E-state index contributed by atoms with van der Waals surface area (Å²) < 4.78 is 23.5. The van der Waals surface area contributed by atoms with Crippen molar-refractivity contribution >= 4 is 17.5 Å². The van der Waals surface area contributed by atoms with Crippen molar-refractivity contribution < 1.29 is 23.5 Å². The smallest absolute Gasteiger partial charge is 0.227 e. The highest BCUT2D eigenvalue weighted by Gasteiger charge is 2.36. The van der Waals surface area contributed by atoms with Crippen molar-refractivity contribution in [1.29, 1.82) is 0 Å². The average molecular weight is 372 g/mol. The van der Waals surface area contributed by atoms with Crippen LogP contribution in [0.1, 0.15) is 12.0 Å². The zero-order valence-corrected chi connectivity index (χ0v) is 15.2. The Kier molecular flexibility index (Phi) is 5.59. The summed E-state index contributed by atoms with van der Waals surface area (Å²) in [5.41, 5.74) is 1.40. The number of nitrogens with one attached hydrogen (secondary N) is 1. The maximum absolute atomic E-state index is 12.9. The molecule has 2 aromatic carbocycles. The van der Waals surface area contributed by atoms with E-state index in [0.717, 1.165) is 5.56 Å².